The number of benzene rings is 2. The minimum absolute atomic E-state index is 0.0198. The van der Waals surface area contributed by atoms with E-state index >= 15 is 0 Å². The van der Waals surface area contributed by atoms with Gasteiger partial charge in [0, 0.05) is 21.5 Å². The highest BCUT2D eigenvalue weighted by Crippen LogP contribution is 2.47. The lowest BCUT2D eigenvalue weighted by atomic mass is 9.82. The van der Waals surface area contributed by atoms with Gasteiger partial charge in [-0.1, -0.05) is 29.3 Å². The van der Waals surface area contributed by atoms with Crippen molar-refractivity contribution < 1.29 is 9.15 Å². The van der Waals surface area contributed by atoms with Crippen LogP contribution in [0.5, 0.6) is 5.75 Å². The Kier molecular flexibility index (Phi) is 3.87. The molecule has 0 spiro atoms. The average molecular weight is 385 g/mol. The van der Waals surface area contributed by atoms with Crippen molar-refractivity contribution in [3.05, 3.63) is 85.5 Å². The number of nitrogens with two attached hydrogens (primary N) is 1. The van der Waals surface area contributed by atoms with Crippen LogP contribution in [0.15, 0.2) is 63.1 Å². The van der Waals surface area contributed by atoms with Gasteiger partial charge < -0.3 is 14.9 Å². The molecule has 0 aliphatic carbocycles. The van der Waals surface area contributed by atoms with Crippen molar-refractivity contribution >= 4 is 34.2 Å². The highest BCUT2D eigenvalue weighted by molar-refractivity contribution is 6.35. The number of hydrogen-bond acceptors (Lipinski definition) is 5. The minimum atomic E-state index is -0.650. The van der Waals surface area contributed by atoms with Gasteiger partial charge in [-0.2, -0.15) is 5.26 Å². The number of halogens is 2. The molecule has 26 heavy (non-hydrogen) atoms. The van der Waals surface area contributed by atoms with E-state index in [1.165, 1.54) is 6.07 Å². The van der Waals surface area contributed by atoms with Crippen LogP contribution in [0.1, 0.15) is 17.0 Å². The Morgan fingerprint density at radius 3 is 2.62 bits per heavy atom. The van der Waals surface area contributed by atoms with Crippen LogP contribution in [0.2, 0.25) is 10.0 Å². The Labute approximate surface area is 157 Å². The maximum Gasteiger partial charge on any atom is 0.336 e. The van der Waals surface area contributed by atoms with Crippen LogP contribution in [0.3, 0.4) is 0 Å². The summed E-state index contributed by atoms with van der Waals surface area (Å²) in [6.45, 7) is 0. The summed E-state index contributed by atoms with van der Waals surface area (Å²) in [4.78, 5) is 11.8. The van der Waals surface area contributed by atoms with Gasteiger partial charge >= 0.3 is 5.63 Å². The molecule has 0 fully saturated rings. The second-order valence-electron chi connectivity index (χ2n) is 5.74. The summed E-state index contributed by atoms with van der Waals surface area (Å²) < 4.78 is 11.0. The van der Waals surface area contributed by atoms with Crippen molar-refractivity contribution in [3.8, 4) is 11.8 Å². The van der Waals surface area contributed by atoms with Gasteiger partial charge in [-0.3, -0.25) is 0 Å². The largest absolute Gasteiger partial charge is 0.440 e. The van der Waals surface area contributed by atoms with E-state index in [1.807, 2.05) is 0 Å². The third-order valence-corrected chi connectivity index (χ3v) is 4.81. The maximum atomic E-state index is 11.8. The summed E-state index contributed by atoms with van der Waals surface area (Å²) in [5, 5.41) is 11.2. The van der Waals surface area contributed by atoms with E-state index in [1.54, 1.807) is 36.4 Å². The summed E-state index contributed by atoms with van der Waals surface area (Å²) in [5.74, 6) is -0.268. The predicted molar refractivity (Wildman–Crippen MR) is 98.2 cm³/mol. The Morgan fingerprint density at radius 2 is 1.88 bits per heavy atom. The van der Waals surface area contributed by atoms with Crippen molar-refractivity contribution in [3.63, 3.8) is 0 Å². The van der Waals surface area contributed by atoms with Crippen LogP contribution in [-0.4, -0.2) is 0 Å². The molecule has 2 N–H and O–H groups in total. The lowest BCUT2D eigenvalue weighted by Gasteiger charge is -2.27. The molecule has 7 heteroatoms. The summed E-state index contributed by atoms with van der Waals surface area (Å²) in [7, 11) is 0. The quantitative estimate of drug-likeness (QED) is 0.631. The number of nitriles is 1. The second kappa shape index (κ2) is 6.10. The summed E-state index contributed by atoms with van der Waals surface area (Å²) in [6.07, 6.45) is 0. The van der Waals surface area contributed by atoms with Gasteiger partial charge in [0.05, 0.1) is 11.5 Å². The number of hydrogen-bond donors (Lipinski definition) is 1. The van der Waals surface area contributed by atoms with Crippen LogP contribution in [0.25, 0.3) is 11.0 Å². The van der Waals surface area contributed by atoms with E-state index in [2.05, 4.69) is 6.07 Å². The van der Waals surface area contributed by atoms with E-state index in [0.717, 1.165) is 0 Å². The third kappa shape index (κ3) is 2.51. The molecule has 0 bridgehead atoms. The molecular weight excluding hydrogens is 375 g/mol. The van der Waals surface area contributed by atoms with E-state index in [0.29, 0.717) is 37.9 Å². The van der Waals surface area contributed by atoms with Gasteiger partial charge in [0.1, 0.15) is 23.0 Å². The van der Waals surface area contributed by atoms with Crippen LogP contribution in [-0.2, 0) is 0 Å². The number of allylic oxidation sites excluding steroid dienone is 1. The van der Waals surface area contributed by atoms with Gasteiger partial charge in [0.15, 0.2) is 0 Å². The predicted octanol–water partition coefficient (Wildman–Crippen LogP) is 4.32. The van der Waals surface area contributed by atoms with E-state index in [-0.39, 0.29) is 11.5 Å². The lowest BCUT2D eigenvalue weighted by molar-refractivity contribution is 0.392. The minimum Gasteiger partial charge on any atom is -0.440 e. The molecule has 3 aromatic rings. The Morgan fingerprint density at radius 1 is 1.12 bits per heavy atom. The molecule has 0 saturated heterocycles. The van der Waals surface area contributed by atoms with Crippen LogP contribution in [0, 0.1) is 11.3 Å². The molecule has 1 aliphatic rings. The van der Waals surface area contributed by atoms with E-state index < -0.39 is 11.5 Å². The maximum absolute atomic E-state index is 11.8. The number of ether oxygens (including phenoxy) is 1. The van der Waals surface area contributed by atoms with Gasteiger partial charge in [-0.25, -0.2) is 4.79 Å². The van der Waals surface area contributed by atoms with Crippen molar-refractivity contribution in [1.82, 2.24) is 0 Å². The Hall–Kier alpha value is -2.94. The van der Waals surface area contributed by atoms with Gasteiger partial charge in [-0.05, 0) is 35.9 Å². The molecule has 2 aromatic carbocycles. The van der Waals surface area contributed by atoms with Crippen LogP contribution >= 0.6 is 23.2 Å². The van der Waals surface area contributed by atoms with E-state index in [9.17, 15) is 10.1 Å². The molecule has 5 nitrogen and oxygen atoms in total. The standard InChI is InChI=1S/C19H10Cl2N2O3/c20-10-3-4-11(13(21)7-10)16-12(8-22)19(23)25-14-5-1-9-2-6-15(24)26-18(9)17(14)16/h1-7,16H,23H2. The molecule has 0 saturated carbocycles. The molecule has 0 radical (unpaired) electrons. The Balaban J connectivity index is 2.11. The second-order valence-corrected chi connectivity index (χ2v) is 6.58. The molecule has 1 unspecified atom stereocenters. The van der Waals surface area contributed by atoms with Crippen molar-refractivity contribution in [2.45, 2.75) is 5.92 Å². The van der Waals surface area contributed by atoms with Crippen LogP contribution in [0.4, 0.5) is 0 Å². The van der Waals surface area contributed by atoms with Gasteiger partial charge in [-0.15, -0.1) is 0 Å². The molecule has 2 heterocycles. The monoisotopic (exact) mass is 384 g/mol. The molecule has 4 rings (SSSR count). The third-order valence-electron chi connectivity index (χ3n) is 4.24. The molecule has 1 aliphatic heterocycles. The molecule has 1 aromatic heterocycles. The molecule has 1 atom stereocenters. The summed E-state index contributed by atoms with van der Waals surface area (Å²) in [6, 6.07) is 13.5. The summed E-state index contributed by atoms with van der Waals surface area (Å²) in [5.41, 5.74) is 7.09. The molecule has 128 valence electrons. The van der Waals surface area contributed by atoms with Crippen molar-refractivity contribution in [2.75, 3.05) is 0 Å². The van der Waals surface area contributed by atoms with Crippen LogP contribution < -0.4 is 16.1 Å². The first-order chi connectivity index (χ1) is 12.5. The number of nitrogens with zero attached hydrogens (tertiary/aromatic N) is 1. The molecular formula is C19H10Cl2N2O3. The van der Waals surface area contributed by atoms with Crippen molar-refractivity contribution in [1.29, 1.82) is 5.26 Å². The van der Waals surface area contributed by atoms with Gasteiger partial charge in [0.2, 0.25) is 5.88 Å². The fourth-order valence-electron chi connectivity index (χ4n) is 3.12. The van der Waals surface area contributed by atoms with E-state index in [4.69, 9.17) is 38.1 Å². The zero-order valence-corrected chi connectivity index (χ0v) is 14.6. The van der Waals surface area contributed by atoms with Crippen molar-refractivity contribution in [2.24, 2.45) is 5.73 Å². The highest BCUT2D eigenvalue weighted by Gasteiger charge is 2.34. The lowest BCUT2D eigenvalue weighted by Crippen LogP contribution is -2.21. The highest BCUT2D eigenvalue weighted by atomic mass is 35.5. The number of fused-ring (bicyclic) bond motifs is 3. The zero-order chi connectivity index (χ0) is 18.4. The fourth-order valence-corrected chi connectivity index (χ4v) is 3.64. The topological polar surface area (TPSA) is 89.3 Å². The number of rotatable bonds is 1. The fraction of sp³-hybridized carbons (Fsp3) is 0.0526. The normalized spacial score (nSPS) is 16.1. The first-order valence-electron chi connectivity index (χ1n) is 7.59. The zero-order valence-electron chi connectivity index (χ0n) is 13.1. The molecule has 0 amide bonds. The smallest absolute Gasteiger partial charge is 0.336 e. The van der Waals surface area contributed by atoms with Gasteiger partial charge in [0.25, 0.3) is 0 Å². The average Bonchev–Trinajstić information content (AvgIpc) is 2.60. The Bertz CT molecular complexity index is 1190. The summed E-state index contributed by atoms with van der Waals surface area (Å²) >= 11 is 12.4. The SMILES string of the molecule is N#CC1=C(N)Oc2ccc3ccc(=O)oc3c2C1c1ccc(Cl)cc1Cl. The first-order valence-corrected chi connectivity index (χ1v) is 8.34. The first kappa shape index (κ1) is 16.5.